The Hall–Kier alpha value is -1.82. The normalized spacial score (nSPS) is 12.7. The van der Waals surface area contributed by atoms with Gasteiger partial charge in [-0.3, -0.25) is 4.90 Å². The third-order valence-corrected chi connectivity index (χ3v) is 2.87. The van der Waals surface area contributed by atoms with Crippen LogP contribution in [0.4, 0.5) is 9.18 Å². The number of aliphatic carboxylic acids is 1. The van der Waals surface area contributed by atoms with E-state index < -0.39 is 29.5 Å². The Balaban J connectivity index is 3.16. The summed E-state index contributed by atoms with van der Waals surface area (Å²) in [5, 5.41) is 9.09. The molecular weight excluding hydrogens is 301 g/mol. The van der Waals surface area contributed by atoms with Gasteiger partial charge in [-0.1, -0.05) is 23.7 Å². The average Bonchev–Trinajstić information content (AvgIpc) is 2.32. The largest absolute Gasteiger partial charge is 0.479 e. The molecule has 1 rings (SSSR count). The molecule has 7 heteroatoms. The van der Waals surface area contributed by atoms with E-state index in [0.717, 1.165) is 4.90 Å². The number of ether oxygens (including phenoxy) is 1. The number of benzene rings is 1. The maximum absolute atomic E-state index is 14.0. The van der Waals surface area contributed by atoms with Crippen LogP contribution in [-0.2, 0) is 9.53 Å². The van der Waals surface area contributed by atoms with Crippen molar-refractivity contribution in [3.63, 3.8) is 0 Å². The van der Waals surface area contributed by atoms with Crippen molar-refractivity contribution >= 4 is 23.7 Å². The fraction of sp³-hybridized carbons (Fsp3) is 0.429. The van der Waals surface area contributed by atoms with Gasteiger partial charge in [-0.25, -0.2) is 14.0 Å². The molecule has 0 radical (unpaired) electrons. The highest BCUT2D eigenvalue weighted by Crippen LogP contribution is 2.28. The Morgan fingerprint density at radius 3 is 2.43 bits per heavy atom. The van der Waals surface area contributed by atoms with Gasteiger partial charge in [0.25, 0.3) is 0 Å². The lowest BCUT2D eigenvalue weighted by Crippen LogP contribution is -2.40. The van der Waals surface area contributed by atoms with E-state index in [1.54, 1.807) is 20.8 Å². The smallest absolute Gasteiger partial charge is 0.411 e. The molecule has 0 aliphatic carbocycles. The molecule has 116 valence electrons. The van der Waals surface area contributed by atoms with E-state index in [9.17, 15) is 19.1 Å². The number of halogens is 2. The monoisotopic (exact) mass is 317 g/mol. The Morgan fingerprint density at radius 1 is 1.38 bits per heavy atom. The van der Waals surface area contributed by atoms with Crippen LogP contribution in [0.3, 0.4) is 0 Å². The van der Waals surface area contributed by atoms with E-state index in [4.69, 9.17) is 16.3 Å². The van der Waals surface area contributed by atoms with Crippen LogP contribution in [0.1, 0.15) is 32.4 Å². The second-order valence-electron chi connectivity index (χ2n) is 5.48. The first-order valence-corrected chi connectivity index (χ1v) is 6.55. The van der Waals surface area contributed by atoms with Gasteiger partial charge in [0.2, 0.25) is 0 Å². The summed E-state index contributed by atoms with van der Waals surface area (Å²) in [5.41, 5.74) is -0.996. The Labute approximate surface area is 127 Å². The molecule has 0 fully saturated rings. The van der Waals surface area contributed by atoms with E-state index in [0.29, 0.717) is 0 Å². The maximum atomic E-state index is 14.0. The van der Waals surface area contributed by atoms with Crippen LogP contribution in [-0.4, -0.2) is 34.7 Å². The minimum atomic E-state index is -1.53. The SMILES string of the molecule is CN(C(=O)OC(C)(C)C)C(C(=O)O)c1cccc(Cl)c1F. The van der Waals surface area contributed by atoms with Gasteiger partial charge in [0.05, 0.1) is 5.02 Å². The number of carboxylic acid groups (broad SMARTS) is 1. The van der Waals surface area contributed by atoms with Crippen LogP contribution in [0, 0.1) is 5.82 Å². The van der Waals surface area contributed by atoms with Crippen molar-refractivity contribution in [3.05, 3.63) is 34.6 Å². The molecule has 0 aliphatic rings. The molecule has 1 atom stereocenters. The fourth-order valence-corrected chi connectivity index (χ4v) is 1.86. The van der Waals surface area contributed by atoms with Crippen LogP contribution in [0.5, 0.6) is 0 Å². The minimum absolute atomic E-state index is 0.205. The number of hydrogen-bond acceptors (Lipinski definition) is 3. The molecule has 0 aromatic heterocycles. The summed E-state index contributed by atoms with van der Waals surface area (Å²) in [6.07, 6.45) is -0.866. The van der Waals surface area contributed by atoms with Crippen molar-refractivity contribution in [2.45, 2.75) is 32.4 Å². The Morgan fingerprint density at radius 2 is 1.95 bits per heavy atom. The topological polar surface area (TPSA) is 66.8 Å². The van der Waals surface area contributed by atoms with Gasteiger partial charge in [-0.15, -0.1) is 0 Å². The fourth-order valence-electron chi connectivity index (χ4n) is 1.68. The number of hydrogen-bond donors (Lipinski definition) is 1. The van der Waals surface area contributed by atoms with Gasteiger partial charge in [0, 0.05) is 12.6 Å². The number of carboxylic acids is 1. The molecule has 0 spiro atoms. The molecule has 5 nitrogen and oxygen atoms in total. The van der Waals surface area contributed by atoms with Gasteiger partial charge in [-0.2, -0.15) is 0 Å². The Bertz CT molecular complexity index is 556. The first-order valence-electron chi connectivity index (χ1n) is 6.17. The summed E-state index contributed by atoms with van der Waals surface area (Å²) in [5.74, 6) is -2.26. The second kappa shape index (κ2) is 6.30. The number of carbonyl (C=O) groups excluding carboxylic acids is 1. The van der Waals surface area contributed by atoms with Crippen LogP contribution >= 0.6 is 11.6 Å². The first-order chi connectivity index (χ1) is 9.54. The van der Waals surface area contributed by atoms with Crippen LogP contribution in [0.25, 0.3) is 0 Å². The standard InChI is InChI=1S/C14H17ClFNO4/c1-14(2,3)21-13(20)17(4)11(12(18)19)8-6-5-7-9(15)10(8)16/h5-7,11H,1-4H3,(H,18,19). The van der Waals surface area contributed by atoms with Gasteiger partial charge in [0.1, 0.15) is 11.4 Å². The molecule has 1 aromatic carbocycles. The van der Waals surface area contributed by atoms with Crippen molar-refractivity contribution in [2.75, 3.05) is 7.05 Å². The predicted octanol–water partition coefficient (Wildman–Crippen LogP) is 3.47. The van der Waals surface area contributed by atoms with E-state index in [1.165, 1.54) is 25.2 Å². The quantitative estimate of drug-likeness (QED) is 0.927. The zero-order valence-electron chi connectivity index (χ0n) is 12.2. The molecule has 1 amide bonds. The minimum Gasteiger partial charge on any atom is -0.479 e. The highest BCUT2D eigenvalue weighted by atomic mass is 35.5. The first kappa shape index (κ1) is 17.2. The van der Waals surface area contributed by atoms with Gasteiger partial charge in [0.15, 0.2) is 6.04 Å². The summed E-state index contributed by atoms with van der Waals surface area (Å²) in [7, 11) is 1.23. The van der Waals surface area contributed by atoms with E-state index in [2.05, 4.69) is 0 Å². The summed E-state index contributed by atoms with van der Waals surface area (Å²) in [6.45, 7) is 4.94. The molecule has 0 aliphatic heterocycles. The number of nitrogens with zero attached hydrogens (tertiary/aromatic N) is 1. The highest BCUT2D eigenvalue weighted by Gasteiger charge is 2.33. The van der Waals surface area contributed by atoms with Crippen molar-refractivity contribution < 1.29 is 23.8 Å². The van der Waals surface area contributed by atoms with Crippen LogP contribution < -0.4 is 0 Å². The molecule has 1 N–H and O–H groups in total. The third kappa shape index (κ3) is 4.32. The van der Waals surface area contributed by atoms with Crippen molar-refractivity contribution in [3.8, 4) is 0 Å². The third-order valence-electron chi connectivity index (χ3n) is 2.58. The molecule has 0 heterocycles. The number of carbonyl (C=O) groups is 2. The maximum Gasteiger partial charge on any atom is 0.411 e. The second-order valence-corrected chi connectivity index (χ2v) is 5.88. The summed E-state index contributed by atoms with van der Waals surface area (Å²) in [4.78, 5) is 24.2. The van der Waals surface area contributed by atoms with E-state index in [-0.39, 0.29) is 10.6 Å². The van der Waals surface area contributed by atoms with E-state index in [1.807, 2.05) is 0 Å². The lowest BCUT2D eigenvalue weighted by atomic mass is 10.1. The van der Waals surface area contributed by atoms with Crippen LogP contribution in [0.15, 0.2) is 18.2 Å². The molecule has 0 saturated heterocycles. The molecule has 0 saturated carbocycles. The Kier molecular flexibility index (Phi) is 5.17. The van der Waals surface area contributed by atoms with E-state index >= 15 is 0 Å². The number of likely N-dealkylation sites (N-methyl/N-ethyl adjacent to an activating group) is 1. The molecule has 0 bridgehead atoms. The molecule has 1 aromatic rings. The number of rotatable bonds is 3. The van der Waals surface area contributed by atoms with Crippen molar-refractivity contribution in [1.82, 2.24) is 4.90 Å². The lowest BCUT2D eigenvalue weighted by molar-refractivity contribution is -0.143. The number of amides is 1. The molecule has 1 unspecified atom stereocenters. The molecular formula is C14H17ClFNO4. The highest BCUT2D eigenvalue weighted by molar-refractivity contribution is 6.30. The van der Waals surface area contributed by atoms with Crippen LogP contribution in [0.2, 0.25) is 5.02 Å². The summed E-state index contributed by atoms with van der Waals surface area (Å²) < 4.78 is 19.1. The molecule has 21 heavy (non-hydrogen) atoms. The van der Waals surface area contributed by atoms with Gasteiger partial charge in [-0.05, 0) is 26.8 Å². The van der Waals surface area contributed by atoms with Crippen molar-refractivity contribution in [2.24, 2.45) is 0 Å². The summed E-state index contributed by atoms with van der Waals surface area (Å²) >= 11 is 5.65. The van der Waals surface area contributed by atoms with Gasteiger partial charge >= 0.3 is 12.1 Å². The predicted molar refractivity (Wildman–Crippen MR) is 75.8 cm³/mol. The summed E-state index contributed by atoms with van der Waals surface area (Å²) in [6, 6.07) is 2.45. The zero-order valence-corrected chi connectivity index (χ0v) is 12.9. The van der Waals surface area contributed by atoms with Gasteiger partial charge < -0.3 is 9.84 Å². The average molecular weight is 318 g/mol. The lowest BCUT2D eigenvalue weighted by Gasteiger charge is -2.29. The zero-order chi connectivity index (χ0) is 16.4. The van der Waals surface area contributed by atoms with Crippen molar-refractivity contribution in [1.29, 1.82) is 0 Å².